The zero-order valence-electron chi connectivity index (χ0n) is 21.7. The summed E-state index contributed by atoms with van der Waals surface area (Å²) >= 11 is 0. The number of hydrogen-bond donors (Lipinski definition) is 1. The molecule has 1 unspecified atom stereocenters. The zero-order valence-corrected chi connectivity index (χ0v) is 21.7. The molecule has 1 atom stereocenters. The van der Waals surface area contributed by atoms with Gasteiger partial charge in [0.15, 0.2) is 0 Å². The molecule has 0 heterocycles. The summed E-state index contributed by atoms with van der Waals surface area (Å²) < 4.78 is 0. The Morgan fingerprint density at radius 1 is 0.645 bits per heavy atom. The van der Waals surface area contributed by atoms with E-state index in [1.54, 1.807) is 0 Å². The van der Waals surface area contributed by atoms with E-state index in [0.29, 0.717) is 5.92 Å². The van der Waals surface area contributed by atoms with Crippen LogP contribution in [0.5, 0.6) is 0 Å². The normalized spacial score (nSPS) is 13.7. The lowest BCUT2D eigenvalue weighted by atomic mass is 9.87. The summed E-state index contributed by atoms with van der Waals surface area (Å²) in [5.41, 5.74) is 8.41. The molecule has 0 bridgehead atoms. The summed E-state index contributed by atoms with van der Waals surface area (Å²) in [4.78, 5) is 0. The quantitative estimate of drug-likeness (QED) is 0.244. The lowest BCUT2D eigenvalue weighted by molar-refractivity contribution is 0.341. The first-order chi connectivity index (χ1) is 14.6. The molecular formula is C30H50O. The van der Waals surface area contributed by atoms with E-state index in [4.69, 9.17) is 5.11 Å². The van der Waals surface area contributed by atoms with Crippen LogP contribution in [0.4, 0.5) is 0 Å². The summed E-state index contributed by atoms with van der Waals surface area (Å²) in [5.74, 6) is 0.514. The highest BCUT2D eigenvalue weighted by atomic mass is 16.2. The first-order valence-electron chi connectivity index (χ1n) is 12.2. The van der Waals surface area contributed by atoms with E-state index in [0.717, 1.165) is 57.8 Å². The molecule has 0 spiro atoms. The maximum atomic E-state index is 9.15. The first-order valence-corrected chi connectivity index (χ1v) is 12.2. The smallest absolute Gasteiger partial charge is 0.0614 e. The maximum Gasteiger partial charge on any atom is 0.0614 e. The number of rotatable bonds is 16. The van der Waals surface area contributed by atoms with Crippen molar-refractivity contribution in [2.75, 3.05) is 6.61 Å². The van der Waals surface area contributed by atoms with Crippen molar-refractivity contribution in [3.05, 3.63) is 70.4 Å². The van der Waals surface area contributed by atoms with Gasteiger partial charge in [0.05, 0.1) is 6.61 Å². The molecule has 0 aliphatic carbocycles. The minimum absolute atomic E-state index is 0.137. The van der Waals surface area contributed by atoms with Crippen molar-refractivity contribution in [2.45, 2.75) is 106 Å². The molecule has 0 amide bonds. The van der Waals surface area contributed by atoms with Gasteiger partial charge in [-0.1, -0.05) is 70.4 Å². The molecule has 0 aliphatic rings. The van der Waals surface area contributed by atoms with Gasteiger partial charge in [0.1, 0.15) is 0 Å². The lowest BCUT2D eigenvalue weighted by Gasteiger charge is -2.19. The predicted molar refractivity (Wildman–Crippen MR) is 141 cm³/mol. The van der Waals surface area contributed by atoms with Crippen molar-refractivity contribution < 1.29 is 5.11 Å². The third-order valence-electron chi connectivity index (χ3n) is 5.80. The average molecular weight is 427 g/mol. The topological polar surface area (TPSA) is 20.2 Å². The molecule has 0 saturated carbocycles. The summed E-state index contributed by atoms with van der Waals surface area (Å²) in [6, 6.07) is 0. The molecular weight excluding hydrogens is 376 g/mol. The van der Waals surface area contributed by atoms with Gasteiger partial charge in [-0.2, -0.15) is 0 Å². The molecule has 1 nitrogen and oxygen atoms in total. The maximum absolute atomic E-state index is 9.15. The van der Waals surface area contributed by atoms with Crippen molar-refractivity contribution in [1.29, 1.82) is 0 Å². The largest absolute Gasteiger partial charge is 0.392 e. The van der Waals surface area contributed by atoms with Gasteiger partial charge in [-0.3, -0.25) is 0 Å². The van der Waals surface area contributed by atoms with Crippen LogP contribution in [-0.4, -0.2) is 11.7 Å². The average Bonchev–Trinajstić information content (AvgIpc) is 2.67. The number of aliphatic hydroxyl groups is 1. The number of hydrogen-bond acceptors (Lipinski definition) is 1. The Bertz CT molecular complexity index is 659. The van der Waals surface area contributed by atoms with Gasteiger partial charge in [-0.05, 0) is 112 Å². The molecule has 31 heavy (non-hydrogen) atoms. The molecule has 0 aromatic carbocycles. The van der Waals surface area contributed by atoms with Crippen molar-refractivity contribution in [1.82, 2.24) is 0 Å². The van der Waals surface area contributed by atoms with E-state index >= 15 is 0 Å². The Morgan fingerprint density at radius 2 is 1.13 bits per heavy atom. The molecule has 0 aromatic rings. The zero-order chi connectivity index (χ0) is 23.6. The fraction of sp³-hybridized carbons (Fsp3) is 0.600. The van der Waals surface area contributed by atoms with Crippen LogP contribution in [0.15, 0.2) is 70.4 Å². The van der Waals surface area contributed by atoms with Gasteiger partial charge in [-0.15, -0.1) is 0 Å². The highest BCUT2D eigenvalue weighted by Gasteiger charge is 2.12. The van der Waals surface area contributed by atoms with Gasteiger partial charge in [0.25, 0.3) is 0 Å². The Morgan fingerprint density at radius 3 is 1.65 bits per heavy atom. The summed E-state index contributed by atoms with van der Waals surface area (Å²) in [5, 5.41) is 9.15. The first kappa shape index (κ1) is 29.4. The third-order valence-corrected chi connectivity index (χ3v) is 5.80. The van der Waals surface area contributed by atoms with Crippen LogP contribution in [0.3, 0.4) is 0 Å². The number of aliphatic hydroxyl groups excluding tert-OH is 1. The highest BCUT2D eigenvalue weighted by Crippen LogP contribution is 2.27. The van der Waals surface area contributed by atoms with Crippen molar-refractivity contribution >= 4 is 0 Å². The van der Waals surface area contributed by atoms with Crippen molar-refractivity contribution in [3.63, 3.8) is 0 Å². The Hall–Kier alpha value is -1.60. The van der Waals surface area contributed by atoms with Gasteiger partial charge >= 0.3 is 0 Å². The fourth-order valence-electron chi connectivity index (χ4n) is 3.58. The summed E-state index contributed by atoms with van der Waals surface area (Å²) in [7, 11) is 0. The highest BCUT2D eigenvalue weighted by molar-refractivity contribution is 5.11. The van der Waals surface area contributed by atoms with E-state index in [-0.39, 0.29) is 6.61 Å². The Kier molecular flexibility index (Phi) is 17.1. The van der Waals surface area contributed by atoms with Crippen LogP contribution in [0.25, 0.3) is 0 Å². The predicted octanol–water partition coefficient (Wildman–Crippen LogP) is 9.43. The van der Waals surface area contributed by atoms with E-state index in [1.165, 1.54) is 33.4 Å². The molecule has 0 fully saturated rings. The SMILES string of the molecule is C=C(CC/C=C(\C)CCC=C(C)C)C(C/C=C(\C)CCC=C(C)C)CC/C(C)=C/CO. The van der Waals surface area contributed by atoms with E-state index in [2.05, 4.69) is 79.3 Å². The molecule has 0 rings (SSSR count). The van der Waals surface area contributed by atoms with Crippen LogP contribution in [0.2, 0.25) is 0 Å². The van der Waals surface area contributed by atoms with E-state index < -0.39 is 0 Å². The molecule has 1 heteroatoms. The van der Waals surface area contributed by atoms with Crippen molar-refractivity contribution in [2.24, 2.45) is 5.92 Å². The van der Waals surface area contributed by atoms with Gasteiger partial charge < -0.3 is 5.11 Å². The monoisotopic (exact) mass is 426 g/mol. The van der Waals surface area contributed by atoms with Gasteiger partial charge in [0.2, 0.25) is 0 Å². The minimum atomic E-state index is 0.137. The fourth-order valence-corrected chi connectivity index (χ4v) is 3.58. The standard InChI is InChI=1S/C30H50O/c1-24(2)12-9-14-26(5)16-11-17-29(8)30(21-19-28(7)22-23-31)20-18-27(6)15-10-13-25(3)4/h12-13,16,18,22,30-31H,8-11,14-15,17,19-21,23H2,1-7H3/b26-16+,27-18+,28-22+. The molecule has 176 valence electrons. The van der Waals surface area contributed by atoms with Crippen molar-refractivity contribution in [3.8, 4) is 0 Å². The lowest BCUT2D eigenvalue weighted by Crippen LogP contribution is -2.04. The van der Waals surface area contributed by atoms with E-state index in [1.807, 2.05) is 6.08 Å². The third kappa shape index (κ3) is 17.7. The van der Waals surface area contributed by atoms with Gasteiger partial charge in [-0.25, -0.2) is 0 Å². The number of allylic oxidation sites excluding steroid dienone is 10. The van der Waals surface area contributed by atoms with E-state index in [9.17, 15) is 0 Å². The van der Waals surface area contributed by atoms with Crippen LogP contribution in [-0.2, 0) is 0 Å². The minimum Gasteiger partial charge on any atom is -0.392 e. The second-order valence-corrected chi connectivity index (χ2v) is 9.64. The summed E-state index contributed by atoms with van der Waals surface area (Å²) in [6.07, 6.45) is 21.3. The second-order valence-electron chi connectivity index (χ2n) is 9.64. The molecule has 0 aromatic heterocycles. The van der Waals surface area contributed by atoms with Crippen LogP contribution < -0.4 is 0 Å². The molecule has 0 radical (unpaired) electrons. The van der Waals surface area contributed by atoms with Gasteiger partial charge in [0, 0.05) is 0 Å². The van der Waals surface area contributed by atoms with Crippen LogP contribution >= 0.6 is 0 Å². The molecule has 0 saturated heterocycles. The van der Waals surface area contributed by atoms with Crippen LogP contribution in [0.1, 0.15) is 106 Å². The molecule has 1 N–H and O–H groups in total. The Labute approximate surface area is 194 Å². The molecule has 0 aliphatic heterocycles. The van der Waals surface area contributed by atoms with Crippen LogP contribution in [0, 0.1) is 5.92 Å². The summed E-state index contributed by atoms with van der Waals surface area (Å²) in [6.45, 7) is 19.9. The second kappa shape index (κ2) is 18.0. The Balaban J connectivity index is 4.86.